The lowest BCUT2D eigenvalue weighted by molar-refractivity contribution is 0.0538. The second-order valence-corrected chi connectivity index (χ2v) is 7.50. The molecule has 1 saturated heterocycles. The number of benzene rings is 1. The molecule has 0 saturated carbocycles. The molecule has 1 aliphatic heterocycles. The molecule has 6 nitrogen and oxygen atoms in total. The van der Waals surface area contributed by atoms with Crippen LogP contribution in [0.1, 0.15) is 20.0 Å². The fourth-order valence-electron chi connectivity index (χ4n) is 2.84. The van der Waals surface area contributed by atoms with E-state index < -0.39 is 0 Å². The van der Waals surface area contributed by atoms with Gasteiger partial charge in [-0.3, -0.25) is 9.59 Å². The van der Waals surface area contributed by atoms with Gasteiger partial charge in [-0.2, -0.15) is 0 Å². The van der Waals surface area contributed by atoms with Gasteiger partial charge in [0.05, 0.1) is 19.1 Å². The van der Waals surface area contributed by atoms with Crippen molar-refractivity contribution in [1.82, 2.24) is 9.80 Å². The molecule has 2 amide bonds. The molecule has 2 aromatic rings. The van der Waals surface area contributed by atoms with Crippen molar-refractivity contribution >= 4 is 39.1 Å². The molecule has 1 fully saturated rings. The summed E-state index contributed by atoms with van der Waals surface area (Å²) in [7, 11) is 3.09. The van der Waals surface area contributed by atoms with E-state index in [4.69, 9.17) is 9.47 Å². The Morgan fingerprint density at radius 1 is 1.00 bits per heavy atom. The molecule has 0 radical (unpaired) electrons. The van der Waals surface area contributed by atoms with Crippen molar-refractivity contribution < 1.29 is 19.1 Å². The first-order chi connectivity index (χ1) is 12.5. The van der Waals surface area contributed by atoms with Gasteiger partial charge in [-0.1, -0.05) is 6.07 Å². The number of thiophene rings is 1. The van der Waals surface area contributed by atoms with Gasteiger partial charge in [0, 0.05) is 31.7 Å². The zero-order chi connectivity index (χ0) is 18.7. The van der Waals surface area contributed by atoms with E-state index >= 15 is 0 Å². The maximum atomic E-state index is 12.9. The Hall–Kier alpha value is -2.06. The Morgan fingerprint density at radius 3 is 2.00 bits per heavy atom. The van der Waals surface area contributed by atoms with Gasteiger partial charge in [0.2, 0.25) is 0 Å². The largest absolute Gasteiger partial charge is 0.495 e. The van der Waals surface area contributed by atoms with E-state index in [9.17, 15) is 9.59 Å². The third-order valence-electron chi connectivity index (χ3n) is 4.28. The van der Waals surface area contributed by atoms with Crippen molar-refractivity contribution in [3.05, 3.63) is 44.6 Å². The summed E-state index contributed by atoms with van der Waals surface area (Å²) in [5.41, 5.74) is 0.500. The minimum Gasteiger partial charge on any atom is -0.495 e. The predicted molar refractivity (Wildman–Crippen MR) is 103 cm³/mol. The second kappa shape index (κ2) is 8.09. The lowest BCUT2D eigenvalue weighted by Gasteiger charge is -2.34. The van der Waals surface area contributed by atoms with E-state index in [1.54, 1.807) is 36.2 Å². The number of carbonyl (C=O) groups excluding carboxylic acids is 2. The zero-order valence-electron chi connectivity index (χ0n) is 14.5. The number of amides is 2. The van der Waals surface area contributed by atoms with Crippen molar-refractivity contribution in [2.24, 2.45) is 0 Å². The number of hydrogen-bond acceptors (Lipinski definition) is 5. The van der Waals surface area contributed by atoms with Crippen LogP contribution in [0.15, 0.2) is 34.1 Å². The first-order valence-electron chi connectivity index (χ1n) is 8.08. The standard InChI is InChI=1S/C18H19BrN2O4S/c1-24-13-10-12(11-14(25-2)16(13)19)17(22)20-5-7-21(8-6-20)18(23)15-4-3-9-26-15/h3-4,9-11H,5-8H2,1-2H3. The molecular weight excluding hydrogens is 420 g/mol. The summed E-state index contributed by atoms with van der Waals surface area (Å²) in [4.78, 5) is 29.5. The van der Waals surface area contributed by atoms with E-state index in [2.05, 4.69) is 15.9 Å². The van der Waals surface area contributed by atoms with Crippen LogP contribution in [-0.2, 0) is 0 Å². The van der Waals surface area contributed by atoms with Gasteiger partial charge in [0.25, 0.3) is 11.8 Å². The Bertz CT molecular complexity index is 777. The van der Waals surface area contributed by atoms with Gasteiger partial charge in [0.1, 0.15) is 16.0 Å². The first-order valence-corrected chi connectivity index (χ1v) is 9.76. The van der Waals surface area contributed by atoms with E-state index in [0.717, 1.165) is 4.88 Å². The number of methoxy groups -OCH3 is 2. The Balaban J connectivity index is 1.70. The molecular formula is C18H19BrN2O4S. The Labute approximate surface area is 164 Å². The number of piperazine rings is 1. The Morgan fingerprint density at radius 2 is 1.54 bits per heavy atom. The lowest BCUT2D eigenvalue weighted by Crippen LogP contribution is -2.50. The molecule has 0 N–H and O–H groups in total. The Kier molecular flexibility index (Phi) is 5.83. The van der Waals surface area contributed by atoms with Crippen LogP contribution in [0, 0.1) is 0 Å². The van der Waals surface area contributed by atoms with E-state index in [1.165, 1.54) is 11.3 Å². The molecule has 26 heavy (non-hydrogen) atoms. The zero-order valence-corrected chi connectivity index (χ0v) is 16.9. The minimum absolute atomic E-state index is 0.0269. The molecule has 8 heteroatoms. The molecule has 1 aromatic carbocycles. The van der Waals surface area contributed by atoms with E-state index in [-0.39, 0.29) is 11.8 Å². The lowest BCUT2D eigenvalue weighted by atomic mass is 10.1. The normalized spacial score (nSPS) is 14.3. The molecule has 3 rings (SSSR count). The maximum absolute atomic E-state index is 12.9. The van der Waals surface area contributed by atoms with Crippen LogP contribution >= 0.6 is 27.3 Å². The molecule has 0 spiro atoms. The molecule has 0 atom stereocenters. The van der Waals surface area contributed by atoms with Crippen molar-refractivity contribution in [3.63, 3.8) is 0 Å². The summed E-state index contributed by atoms with van der Waals surface area (Å²) in [6.45, 7) is 2.04. The number of nitrogens with zero attached hydrogens (tertiary/aromatic N) is 2. The van der Waals surface area contributed by atoms with Crippen molar-refractivity contribution in [3.8, 4) is 11.5 Å². The van der Waals surface area contributed by atoms with Gasteiger partial charge in [-0.15, -0.1) is 11.3 Å². The smallest absolute Gasteiger partial charge is 0.264 e. The SMILES string of the molecule is COc1cc(C(=O)N2CCN(C(=O)c3cccs3)CC2)cc(OC)c1Br. The van der Waals surface area contributed by atoms with Gasteiger partial charge in [-0.25, -0.2) is 0 Å². The van der Waals surface area contributed by atoms with Gasteiger partial charge in [0.15, 0.2) is 0 Å². The van der Waals surface area contributed by atoms with Crippen LogP contribution in [0.3, 0.4) is 0 Å². The van der Waals surface area contributed by atoms with Crippen LogP contribution < -0.4 is 9.47 Å². The molecule has 1 aromatic heterocycles. The first kappa shape index (κ1) is 18.7. The van der Waals surface area contributed by atoms with Gasteiger partial charge >= 0.3 is 0 Å². The number of halogens is 1. The van der Waals surface area contributed by atoms with Crippen molar-refractivity contribution in [1.29, 1.82) is 0 Å². The van der Waals surface area contributed by atoms with Gasteiger partial charge < -0.3 is 19.3 Å². The fourth-order valence-corrected chi connectivity index (χ4v) is 4.09. The van der Waals surface area contributed by atoms with Crippen molar-refractivity contribution in [2.75, 3.05) is 40.4 Å². The monoisotopic (exact) mass is 438 g/mol. The van der Waals surface area contributed by atoms with E-state index in [0.29, 0.717) is 47.7 Å². The summed E-state index contributed by atoms with van der Waals surface area (Å²) in [6, 6.07) is 7.08. The molecule has 138 valence electrons. The highest BCUT2D eigenvalue weighted by atomic mass is 79.9. The minimum atomic E-state index is -0.0997. The third kappa shape index (κ3) is 3.71. The highest BCUT2D eigenvalue weighted by molar-refractivity contribution is 9.10. The number of rotatable bonds is 4. The summed E-state index contributed by atoms with van der Waals surface area (Å²) < 4.78 is 11.3. The quantitative estimate of drug-likeness (QED) is 0.735. The topological polar surface area (TPSA) is 59.1 Å². The molecule has 0 aliphatic carbocycles. The number of ether oxygens (including phenoxy) is 2. The van der Waals surface area contributed by atoms with Crippen LogP contribution in [-0.4, -0.2) is 62.0 Å². The number of carbonyl (C=O) groups is 2. The summed E-state index contributed by atoms with van der Waals surface area (Å²) >= 11 is 4.84. The van der Waals surface area contributed by atoms with Crippen molar-refractivity contribution in [2.45, 2.75) is 0 Å². The number of hydrogen-bond donors (Lipinski definition) is 0. The summed E-state index contributed by atoms with van der Waals surface area (Å²) in [5.74, 6) is 1.01. The molecule has 2 heterocycles. The highest BCUT2D eigenvalue weighted by Gasteiger charge is 2.27. The summed E-state index contributed by atoms with van der Waals surface area (Å²) in [6.07, 6.45) is 0. The average molecular weight is 439 g/mol. The molecule has 1 aliphatic rings. The fraction of sp³-hybridized carbons (Fsp3) is 0.333. The predicted octanol–water partition coefficient (Wildman–Crippen LogP) is 3.13. The van der Waals surface area contributed by atoms with Crippen LogP contribution in [0.2, 0.25) is 0 Å². The third-order valence-corrected chi connectivity index (χ3v) is 5.92. The van der Waals surface area contributed by atoms with Crippen LogP contribution in [0.4, 0.5) is 0 Å². The van der Waals surface area contributed by atoms with Crippen LogP contribution in [0.25, 0.3) is 0 Å². The maximum Gasteiger partial charge on any atom is 0.264 e. The van der Waals surface area contributed by atoms with E-state index in [1.807, 2.05) is 17.5 Å². The van der Waals surface area contributed by atoms with Gasteiger partial charge in [-0.05, 0) is 39.5 Å². The summed E-state index contributed by atoms with van der Waals surface area (Å²) in [5, 5.41) is 1.89. The highest BCUT2D eigenvalue weighted by Crippen LogP contribution is 2.36. The second-order valence-electron chi connectivity index (χ2n) is 5.76. The average Bonchev–Trinajstić information content (AvgIpc) is 3.22. The molecule has 0 unspecified atom stereocenters. The van der Waals surface area contributed by atoms with Crippen LogP contribution in [0.5, 0.6) is 11.5 Å². The molecule has 0 bridgehead atoms.